The second-order valence-corrected chi connectivity index (χ2v) is 5.46. The highest BCUT2D eigenvalue weighted by Gasteiger charge is 2.18. The van der Waals surface area contributed by atoms with Gasteiger partial charge in [0.05, 0.1) is 13.0 Å². The van der Waals surface area contributed by atoms with Gasteiger partial charge in [-0.3, -0.25) is 4.79 Å². The first-order chi connectivity index (χ1) is 9.70. The van der Waals surface area contributed by atoms with Gasteiger partial charge in [0.2, 0.25) is 5.91 Å². The second kappa shape index (κ2) is 8.90. The van der Waals surface area contributed by atoms with E-state index < -0.39 is 0 Å². The Hall–Kier alpha value is -1.26. The lowest BCUT2D eigenvalue weighted by atomic mass is 9.97. The molecule has 1 aromatic carbocycles. The Balaban J connectivity index is 0.00000220. The number of carbonyl (C=O) groups is 1. The van der Waals surface area contributed by atoms with Crippen LogP contribution in [0.15, 0.2) is 24.3 Å². The summed E-state index contributed by atoms with van der Waals surface area (Å²) in [5, 5.41) is 6.44. The Bertz CT molecular complexity index is 448. The first kappa shape index (κ1) is 17.8. The number of carbonyl (C=O) groups excluding carboxylic acids is 1. The fourth-order valence-electron chi connectivity index (χ4n) is 2.56. The highest BCUT2D eigenvalue weighted by molar-refractivity contribution is 5.85. The van der Waals surface area contributed by atoms with Gasteiger partial charge in [-0.05, 0) is 56.5 Å². The van der Waals surface area contributed by atoms with Crippen LogP contribution in [0.5, 0.6) is 5.75 Å². The molecule has 0 spiro atoms. The molecule has 2 N–H and O–H groups in total. The highest BCUT2D eigenvalue weighted by atomic mass is 35.5. The monoisotopic (exact) mass is 312 g/mol. The van der Waals surface area contributed by atoms with Crippen molar-refractivity contribution in [1.29, 1.82) is 0 Å². The molecule has 118 valence electrons. The molecule has 5 heteroatoms. The molecular weight excluding hydrogens is 288 g/mol. The molecule has 4 nitrogen and oxygen atoms in total. The number of benzene rings is 1. The maximum Gasteiger partial charge on any atom is 0.227 e. The van der Waals surface area contributed by atoms with Crippen molar-refractivity contribution >= 4 is 18.3 Å². The number of nitrogens with one attached hydrogen (secondary N) is 2. The van der Waals surface area contributed by atoms with Crippen LogP contribution in [0.1, 0.15) is 31.2 Å². The van der Waals surface area contributed by atoms with E-state index in [-0.39, 0.29) is 24.2 Å². The lowest BCUT2D eigenvalue weighted by Crippen LogP contribution is -2.39. The lowest BCUT2D eigenvalue weighted by molar-refractivity contribution is -0.122. The number of methoxy groups -OCH3 is 1. The molecular formula is C16H25ClN2O2. The molecule has 1 amide bonds. The number of amides is 1. The number of hydrogen-bond donors (Lipinski definition) is 2. The van der Waals surface area contributed by atoms with Gasteiger partial charge in [-0.15, -0.1) is 12.4 Å². The zero-order valence-electron chi connectivity index (χ0n) is 12.7. The van der Waals surface area contributed by atoms with Gasteiger partial charge in [-0.1, -0.05) is 12.1 Å². The van der Waals surface area contributed by atoms with Crippen LogP contribution in [0.3, 0.4) is 0 Å². The molecule has 0 bridgehead atoms. The molecule has 1 fully saturated rings. The zero-order valence-corrected chi connectivity index (χ0v) is 13.5. The van der Waals surface area contributed by atoms with Crippen molar-refractivity contribution in [1.82, 2.24) is 10.6 Å². The lowest BCUT2D eigenvalue weighted by Gasteiger charge is -2.23. The second-order valence-electron chi connectivity index (χ2n) is 5.46. The largest absolute Gasteiger partial charge is 0.497 e. The summed E-state index contributed by atoms with van der Waals surface area (Å²) in [6.45, 7) is 4.81. The fourth-order valence-corrected chi connectivity index (χ4v) is 2.56. The maximum atomic E-state index is 12.2. The third-order valence-corrected chi connectivity index (χ3v) is 3.95. The summed E-state index contributed by atoms with van der Waals surface area (Å²) in [7, 11) is 1.64. The van der Waals surface area contributed by atoms with Crippen LogP contribution in [0.25, 0.3) is 0 Å². The molecule has 0 aromatic heterocycles. The molecule has 0 radical (unpaired) electrons. The summed E-state index contributed by atoms with van der Waals surface area (Å²) < 4.78 is 5.20. The van der Waals surface area contributed by atoms with E-state index >= 15 is 0 Å². The molecule has 1 aromatic rings. The topological polar surface area (TPSA) is 50.4 Å². The molecule has 2 unspecified atom stereocenters. The van der Waals surface area contributed by atoms with Gasteiger partial charge in [0.1, 0.15) is 5.75 Å². The van der Waals surface area contributed by atoms with Crippen molar-refractivity contribution in [3.63, 3.8) is 0 Å². The number of piperidine rings is 1. The van der Waals surface area contributed by atoms with Crippen molar-refractivity contribution < 1.29 is 9.53 Å². The Kier molecular flexibility index (Phi) is 7.54. The molecule has 0 saturated carbocycles. The van der Waals surface area contributed by atoms with Gasteiger partial charge in [0, 0.05) is 6.54 Å². The van der Waals surface area contributed by atoms with E-state index in [1.807, 2.05) is 31.2 Å². The zero-order chi connectivity index (χ0) is 14.4. The number of halogens is 1. The van der Waals surface area contributed by atoms with Crippen LogP contribution in [-0.4, -0.2) is 32.7 Å². The van der Waals surface area contributed by atoms with Gasteiger partial charge in [-0.2, -0.15) is 0 Å². The maximum absolute atomic E-state index is 12.2. The summed E-state index contributed by atoms with van der Waals surface area (Å²) in [5.41, 5.74) is 0.989. The van der Waals surface area contributed by atoms with E-state index in [9.17, 15) is 4.79 Å². The van der Waals surface area contributed by atoms with Crippen LogP contribution in [-0.2, 0) is 4.79 Å². The Morgan fingerprint density at radius 1 is 1.52 bits per heavy atom. The van der Waals surface area contributed by atoms with Crippen molar-refractivity contribution in [3.05, 3.63) is 29.8 Å². The van der Waals surface area contributed by atoms with Crippen LogP contribution >= 0.6 is 12.4 Å². The van der Waals surface area contributed by atoms with Crippen molar-refractivity contribution in [3.8, 4) is 5.75 Å². The van der Waals surface area contributed by atoms with E-state index in [4.69, 9.17) is 4.74 Å². The third kappa shape index (κ3) is 5.21. The molecule has 0 aliphatic carbocycles. The predicted octanol–water partition coefficient (Wildman–Crippen LogP) is 2.34. The van der Waals surface area contributed by atoms with Gasteiger partial charge in [0.25, 0.3) is 0 Å². The standard InChI is InChI=1S/C16H24N2O2.ClH/c1-12(14-6-3-7-15(9-14)20-2)16(19)18-11-13-5-4-8-17-10-13;/h3,6-7,9,12-13,17H,4-5,8,10-11H2,1-2H3,(H,18,19);1H. The van der Waals surface area contributed by atoms with Gasteiger partial charge < -0.3 is 15.4 Å². The van der Waals surface area contributed by atoms with Gasteiger partial charge in [-0.25, -0.2) is 0 Å². The minimum atomic E-state index is -0.151. The molecule has 1 saturated heterocycles. The van der Waals surface area contributed by atoms with E-state index in [0.29, 0.717) is 5.92 Å². The van der Waals surface area contributed by atoms with Crippen LogP contribution in [0.4, 0.5) is 0 Å². The average molecular weight is 313 g/mol. The number of ether oxygens (including phenoxy) is 1. The first-order valence-corrected chi connectivity index (χ1v) is 7.33. The molecule has 21 heavy (non-hydrogen) atoms. The first-order valence-electron chi connectivity index (χ1n) is 7.33. The van der Waals surface area contributed by atoms with Crippen LogP contribution < -0.4 is 15.4 Å². The van der Waals surface area contributed by atoms with Gasteiger partial charge >= 0.3 is 0 Å². The summed E-state index contributed by atoms with van der Waals surface area (Å²) in [5.74, 6) is 1.29. The Labute approximate surface area is 133 Å². The third-order valence-electron chi connectivity index (χ3n) is 3.95. The highest BCUT2D eigenvalue weighted by Crippen LogP contribution is 2.20. The number of hydrogen-bond acceptors (Lipinski definition) is 3. The Morgan fingerprint density at radius 2 is 2.33 bits per heavy atom. The average Bonchev–Trinajstić information content (AvgIpc) is 2.53. The Morgan fingerprint density at radius 3 is 3.00 bits per heavy atom. The van der Waals surface area contributed by atoms with Crippen LogP contribution in [0.2, 0.25) is 0 Å². The van der Waals surface area contributed by atoms with E-state index in [2.05, 4.69) is 10.6 Å². The summed E-state index contributed by atoms with van der Waals surface area (Å²) in [6, 6.07) is 7.70. The van der Waals surface area contributed by atoms with E-state index in [1.54, 1.807) is 7.11 Å². The molecule has 1 aliphatic rings. The minimum Gasteiger partial charge on any atom is -0.497 e. The fraction of sp³-hybridized carbons (Fsp3) is 0.562. The minimum absolute atomic E-state index is 0. The van der Waals surface area contributed by atoms with Crippen molar-refractivity contribution in [2.45, 2.75) is 25.7 Å². The number of rotatable bonds is 5. The smallest absolute Gasteiger partial charge is 0.227 e. The SMILES string of the molecule is COc1cccc(C(C)C(=O)NCC2CCCNC2)c1.Cl. The molecule has 1 aliphatic heterocycles. The molecule has 2 atom stereocenters. The van der Waals surface area contributed by atoms with Gasteiger partial charge in [0.15, 0.2) is 0 Å². The van der Waals surface area contributed by atoms with E-state index in [1.165, 1.54) is 12.8 Å². The van der Waals surface area contributed by atoms with E-state index in [0.717, 1.165) is 30.9 Å². The van der Waals surface area contributed by atoms with Crippen LogP contribution in [0, 0.1) is 5.92 Å². The quantitative estimate of drug-likeness (QED) is 0.877. The summed E-state index contributed by atoms with van der Waals surface area (Å²) in [4.78, 5) is 12.2. The summed E-state index contributed by atoms with van der Waals surface area (Å²) >= 11 is 0. The summed E-state index contributed by atoms with van der Waals surface area (Å²) in [6.07, 6.45) is 2.40. The molecule has 2 rings (SSSR count). The predicted molar refractivity (Wildman–Crippen MR) is 87.3 cm³/mol. The van der Waals surface area contributed by atoms with Crippen molar-refractivity contribution in [2.75, 3.05) is 26.7 Å². The van der Waals surface area contributed by atoms with Crippen molar-refractivity contribution in [2.24, 2.45) is 5.92 Å². The normalized spacial score (nSPS) is 19.2. The molecule has 1 heterocycles.